The predicted molar refractivity (Wildman–Crippen MR) is 112 cm³/mol. The van der Waals surface area contributed by atoms with Crippen LogP contribution in [0, 0.1) is 0 Å². The summed E-state index contributed by atoms with van der Waals surface area (Å²) in [6.07, 6.45) is -2.05. The number of benzene rings is 1. The molecule has 0 aliphatic carbocycles. The third-order valence-electron chi connectivity index (χ3n) is 5.10. The van der Waals surface area contributed by atoms with Gasteiger partial charge in [0, 0.05) is 28.7 Å². The van der Waals surface area contributed by atoms with E-state index in [1.165, 1.54) is 0 Å². The molecule has 9 heteroatoms. The number of nitrogens with zero attached hydrogens (tertiary/aromatic N) is 2. The largest absolute Gasteiger partial charge is 0.394 e. The van der Waals surface area contributed by atoms with Crippen molar-refractivity contribution in [3.05, 3.63) is 69.8 Å². The van der Waals surface area contributed by atoms with Crippen LogP contribution in [0.3, 0.4) is 0 Å². The maximum Gasteiger partial charge on any atom is 0.169 e. The topological polar surface area (TPSA) is 116 Å². The maximum absolute atomic E-state index is 10.4. The zero-order valence-corrected chi connectivity index (χ0v) is 17.4. The van der Waals surface area contributed by atoms with Gasteiger partial charge in [-0.2, -0.15) is 0 Å². The van der Waals surface area contributed by atoms with E-state index in [1.54, 1.807) is 41.9 Å². The maximum atomic E-state index is 10.4. The molecule has 1 aliphatic heterocycles. The second-order valence-electron chi connectivity index (χ2n) is 7.12. The smallest absolute Gasteiger partial charge is 0.169 e. The molecule has 0 spiro atoms. The number of hydrogen-bond acceptors (Lipinski definition) is 8. The second-order valence-corrected chi connectivity index (χ2v) is 8.69. The molecule has 0 amide bonds. The number of thiophene rings is 1. The van der Waals surface area contributed by atoms with Gasteiger partial charge in [0.1, 0.15) is 30.5 Å². The number of halogens is 1. The lowest BCUT2D eigenvalue weighted by Gasteiger charge is -2.40. The van der Waals surface area contributed by atoms with E-state index in [9.17, 15) is 20.4 Å². The molecule has 3 heterocycles. The Morgan fingerprint density at radius 2 is 1.77 bits per heavy atom. The first kappa shape index (κ1) is 21.3. The normalized spacial score (nSPS) is 26.6. The third-order valence-corrected chi connectivity index (χ3v) is 6.55. The van der Waals surface area contributed by atoms with Crippen LogP contribution >= 0.6 is 22.9 Å². The van der Waals surface area contributed by atoms with Crippen molar-refractivity contribution in [2.24, 2.45) is 0 Å². The van der Waals surface area contributed by atoms with Gasteiger partial charge in [-0.15, -0.1) is 11.3 Å². The number of aliphatic hydroxyl groups is 4. The molecule has 30 heavy (non-hydrogen) atoms. The summed E-state index contributed by atoms with van der Waals surface area (Å²) in [6.45, 7) is -0.471. The van der Waals surface area contributed by atoms with E-state index in [-0.39, 0.29) is 0 Å². The van der Waals surface area contributed by atoms with Gasteiger partial charge in [0.25, 0.3) is 0 Å². The molecule has 4 N–H and O–H groups in total. The Kier molecular flexibility index (Phi) is 6.45. The fraction of sp³-hybridized carbons (Fsp3) is 0.333. The molecule has 1 aromatic carbocycles. The van der Waals surface area contributed by atoms with Crippen LogP contribution in [0.1, 0.15) is 22.1 Å². The summed E-state index contributed by atoms with van der Waals surface area (Å²) >= 11 is 7.97. The van der Waals surface area contributed by atoms with Gasteiger partial charge in [-0.3, -0.25) is 0 Å². The molecule has 3 aromatic rings. The minimum Gasteiger partial charge on any atom is -0.394 e. The minimum absolute atomic E-state index is 0.471. The summed E-state index contributed by atoms with van der Waals surface area (Å²) in [7, 11) is 0. The van der Waals surface area contributed by atoms with Crippen molar-refractivity contribution < 1.29 is 25.2 Å². The molecular formula is C21H21ClN2O5S. The van der Waals surface area contributed by atoms with Gasteiger partial charge in [-0.1, -0.05) is 23.7 Å². The SMILES string of the molecule is OCC1OC(c2ccc(Cl)c(Cc3ccc(-c4ncccn4)s3)c2)[C@H](O)C(O)[C@@H]1O. The predicted octanol–water partition coefficient (Wildman–Crippen LogP) is 1.96. The summed E-state index contributed by atoms with van der Waals surface area (Å²) in [5.41, 5.74) is 1.43. The standard InChI is InChI=1S/C21H21ClN2O5S/c22-14-4-2-11(20-19(28)18(27)17(26)15(10-25)29-20)8-12(14)9-13-3-5-16(30-13)21-23-6-1-7-24-21/h1-8,15,17-20,25-28H,9-10H2/t15?,17-,18?,19-,20?/m1/s1. The molecule has 1 aliphatic rings. The fourth-order valence-corrected chi connectivity index (χ4v) is 4.65. The quantitative estimate of drug-likeness (QED) is 0.471. The Morgan fingerprint density at radius 1 is 1.00 bits per heavy atom. The number of hydrogen-bond donors (Lipinski definition) is 4. The summed E-state index contributed by atoms with van der Waals surface area (Å²) < 4.78 is 5.66. The van der Waals surface area contributed by atoms with Crippen LogP contribution in [-0.4, -0.2) is 61.4 Å². The van der Waals surface area contributed by atoms with Crippen LogP contribution in [-0.2, 0) is 11.2 Å². The van der Waals surface area contributed by atoms with E-state index in [0.29, 0.717) is 22.8 Å². The lowest BCUT2D eigenvalue weighted by atomic mass is 9.90. The Labute approximate surface area is 182 Å². The molecule has 5 atom stereocenters. The third kappa shape index (κ3) is 4.26. The van der Waals surface area contributed by atoms with Gasteiger partial charge >= 0.3 is 0 Å². The van der Waals surface area contributed by atoms with Crippen molar-refractivity contribution in [2.45, 2.75) is 36.9 Å². The van der Waals surface area contributed by atoms with Crippen LogP contribution in [0.25, 0.3) is 10.7 Å². The van der Waals surface area contributed by atoms with E-state index in [1.807, 2.05) is 18.2 Å². The average molecular weight is 449 g/mol. The highest BCUT2D eigenvalue weighted by Gasteiger charge is 2.44. The first-order valence-corrected chi connectivity index (χ1v) is 10.6. The van der Waals surface area contributed by atoms with E-state index in [4.69, 9.17) is 16.3 Å². The van der Waals surface area contributed by atoms with Crippen LogP contribution in [0.15, 0.2) is 48.8 Å². The molecule has 158 valence electrons. The van der Waals surface area contributed by atoms with E-state index in [0.717, 1.165) is 15.3 Å². The van der Waals surface area contributed by atoms with Crippen molar-refractivity contribution in [3.8, 4) is 10.7 Å². The Morgan fingerprint density at radius 3 is 2.50 bits per heavy atom. The lowest BCUT2D eigenvalue weighted by molar-refractivity contribution is -0.231. The van der Waals surface area contributed by atoms with Gasteiger partial charge in [0.15, 0.2) is 5.82 Å². The van der Waals surface area contributed by atoms with Crippen molar-refractivity contribution in [2.75, 3.05) is 6.61 Å². The number of ether oxygens (including phenoxy) is 1. The second kappa shape index (κ2) is 9.07. The van der Waals surface area contributed by atoms with Crippen molar-refractivity contribution in [3.63, 3.8) is 0 Å². The molecular weight excluding hydrogens is 428 g/mol. The zero-order chi connectivity index (χ0) is 21.3. The van der Waals surface area contributed by atoms with E-state index < -0.39 is 37.1 Å². The fourth-order valence-electron chi connectivity index (χ4n) is 3.49. The first-order valence-electron chi connectivity index (χ1n) is 9.43. The highest BCUT2D eigenvalue weighted by atomic mass is 35.5. The average Bonchev–Trinajstić information content (AvgIpc) is 3.23. The summed E-state index contributed by atoms with van der Waals surface area (Å²) in [5, 5.41) is 40.4. The van der Waals surface area contributed by atoms with Gasteiger partial charge in [-0.25, -0.2) is 9.97 Å². The molecule has 0 radical (unpaired) electrons. The Balaban J connectivity index is 1.57. The van der Waals surface area contributed by atoms with Gasteiger partial charge in [0.2, 0.25) is 0 Å². The zero-order valence-electron chi connectivity index (χ0n) is 15.8. The molecule has 2 aromatic heterocycles. The van der Waals surface area contributed by atoms with Gasteiger partial charge in [-0.05, 0) is 35.4 Å². The van der Waals surface area contributed by atoms with Crippen LogP contribution < -0.4 is 0 Å². The van der Waals surface area contributed by atoms with E-state index >= 15 is 0 Å². The highest BCUT2D eigenvalue weighted by molar-refractivity contribution is 7.15. The number of rotatable bonds is 5. The van der Waals surface area contributed by atoms with Crippen molar-refractivity contribution in [1.82, 2.24) is 9.97 Å². The Hall–Kier alpha value is -1.91. The van der Waals surface area contributed by atoms with Crippen LogP contribution in [0.4, 0.5) is 0 Å². The molecule has 0 saturated carbocycles. The molecule has 1 fully saturated rings. The number of aliphatic hydroxyl groups excluding tert-OH is 4. The molecule has 1 saturated heterocycles. The van der Waals surface area contributed by atoms with E-state index in [2.05, 4.69) is 9.97 Å². The monoisotopic (exact) mass is 448 g/mol. The van der Waals surface area contributed by atoms with Crippen molar-refractivity contribution >= 4 is 22.9 Å². The highest BCUT2D eigenvalue weighted by Crippen LogP contribution is 2.35. The number of aromatic nitrogens is 2. The van der Waals surface area contributed by atoms with Crippen molar-refractivity contribution in [1.29, 1.82) is 0 Å². The molecule has 7 nitrogen and oxygen atoms in total. The summed E-state index contributed by atoms with van der Waals surface area (Å²) in [4.78, 5) is 10.5. The van der Waals surface area contributed by atoms with Gasteiger partial charge in [0.05, 0.1) is 11.5 Å². The summed E-state index contributed by atoms with van der Waals surface area (Å²) in [5.74, 6) is 0.662. The molecule has 4 rings (SSSR count). The van der Waals surface area contributed by atoms with Gasteiger partial charge < -0.3 is 25.2 Å². The lowest BCUT2D eigenvalue weighted by Crippen LogP contribution is -2.55. The minimum atomic E-state index is -1.43. The Bertz CT molecular complexity index is 1000. The molecule has 0 bridgehead atoms. The molecule has 3 unspecified atom stereocenters. The van der Waals surface area contributed by atoms with Crippen LogP contribution in [0.5, 0.6) is 0 Å². The van der Waals surface area contributed by atoms with Crippen LogP contribution in [0.2, 0.25) is 5.02 Å². The first-order chi connectivity index (χ1) is 14.5. The summed E-state index contributed by atoms with van der Waals surface area (Å²) in [6, 6.07) is 11.0.